The molecule has 0 aromatic heterocycles. The first-order valence-corrected chi connectivity index (χ1v) is 1.81. The minimum atomic E-state index is 1.50. The molecule has 1 aliphatic rings. The zero-order valence-electron chi connectivity index (χ0n) is 3.87. The summed E-state index contributed by atoms with van der Waals surface area (Å²) in [5.41, 5.74) is 0. The average molecular weight is 96.1 g/mol. The van der Waals surface area contributed by atoms with Crippen LogP contribution in [0.4, 0.5) is 0 Å². The SMILES string of the molecule is CN1C=NN=C=N1. The standard InChI is InChI=1S/C3H4N4/c1-7-3-5-4-2-6-7/h3H,1H3. The van der Waals surface area contributed by atoms with Crippen molar-refractivity contribution in [1.29, 1.82) is 0 Å². The van der Waals surface area contributed by atoms with Crippen LogP contribution in [0, 0.1) is 0 Å². The third-order valence-electron chi connectivity index (χ3n) is 0.524. The molecule has 36 valence electrons. The van der Waals surface area contributed by atoms with Gasteiger partial charge in [-0.3, -0.25) is 0 Å². The highest BCUT2D eigenvalue weighted by molar-refractivity contribution is 5.58. The van der Waals surface area contributed by atoms with Crippen LogP contribution < -0.4 is 0 Å². The lowest BCUT2D eigenvalue weighted by molar-refractivity contribution is 0.557. The molecule has 1 aliphatic heterocycles. The van der Waals surface area contributed by atoms with Gasteiger partial charge in [-0.15, -0.1) is 10.2 Å². The van der Waals surface area contributed by atoms with Crippen molar-refractivity contribution in [3.8, 4) is 0 Å². The minimum Gasteiger partial charge on any atom is -0.246 e. The lowest BCUT2D eigenvalue weighted by atomic mass is 11.1. The molecule has 0 aliphatic carbocycles. The lowest BCUT2D eigenvalue weighted by Crippen LogP contribution is -2.07. The molecule has 0 atom stereocenters. The van der Waals surface area contributed by atoms with Crippen molar-refractivity contribution in [3.63, 3.8) is 0 Å². The second-order valence-corrected chi connectivity index (χ2v) is 1.10. The third kappa shape index (κ3) is 0.840. The van der Waals surface area contributed by atoms with Gasteiger partial charge in [0.25, 0.3) is 0 Å². The van der Waals surface area contributed by atoms with E-state index in [0.717, 1.165) is 0 Å². The Morgan fingerprint density at radius 3 is 2.86 bits per heavy atom. The van der Waals surface area contributed by atoms with Gasteiger partial charge in [0, 0.05) is 7.05 Å². The number of rotatable bonds is 0. The molecule has 0 N–H and O–H groups in total. The molecular formula is C3H4N4. The van der Waals surface area contributed by atoms with Gasteiger partial charge in [-0.2, -0.15) is 0 Å². The Morgan fingerprint density at radius 1 is 1.71 bits per heavy atom. The first-order valence-electron chi connectivity index (χ1n) is 1.81. The molecule has 0 unspecified atom stereocenters. The van der Waals surface area contributed by atoms with Gasteiger partial charge >= 0.3 is 0 Å². The number of hydrogen-bond donors (Lipinski definition) is 0. The molecule has 0 radical (unpaired) electrons. The maximum absolute atomic E-state index is 3.60. The van der Waals surface area contributed by atoms with E-state index in [9.17, 15) is 0 Å². The molecule has 0 aromatic carbocycles. The fourth-order valence-corrected chi connectivity index (χ4v) is 0.243. The van der Waals surface area contributed by atoms with Crippen molar-refractivity contribution in [2.24, 2.45) is 15.3 Å². The molecule has 7 heavy (non-hydrogen) atoms. The van der Waals surface area contributed by atoms with Crippen LogP contribution in [0.25, 0.3) is 0 Å². The molecule has 0 fully saturated rings. The predicted molar refractivity (Wildman–Crippen MR) is 26.1 cm³/mol. The van der Waals surface area contributed by atoms with Gasteiger partial charge in [0.1, 0.15) is 12.3 Å². The van der Waals surface area contributed by atoms with Crippen LogP contribution in [0.15, 0.2) is 15.3 Å². The lowest BCUT2D eigenvalue weighted by Gasteiger charge is -1.99. The molecule has 1 rings (SSSR count). The Hall–Kier alpha value is -1.15. The van der Waals surface area contributed by atoms with Crippen molar-refractivity contribution in [1.82, 2.24) is 5.01 Å². The van der Waals surface area contributed by atoms with Gasteiger partial charge in [-0.1, -0.05) is 5.10 Å². The van der Waals surface area contributed by atoms with Crippen LogP contribution in [0.5, 0.6) is 0 Å². The van der Waals surface area contributed by atoms with Gasteiger partial charge in [0.05, 0.1) is 0 Å². The largest absolute Gasteiger partial charge is 0.246 e. The molecule has 0 amide bonds. The van der Waals surface area contributed by atoms with Crippen LogP contribution in [0.2, 0.25) is 0 Å². The summed E-state index contributed by atoms with van der Waals surface area (Å²) in [7, 11) is 1.76. The van der Waals surface area contributed by atoms with Crippen molar-refractivity contribution < 1.29 is 0 Å². The van der Waals surface area contributed by atoms with Gasteiger partial charge in [-0.25, -0.2) is 5.01 Å². The van der Waals surface area contributed by atoms with Crippen molar-refractivity contribution in [2.45, 2.75) is 0 Å². The molecule has 4 heteroatoms. The Kier molecular flexibility index (Phi) is 0.880. The zero-order chi connectivity index (χ0) is 5.11. The molecule has 4 nitrogen and oxygen atoms in total. The van der Waals surface area contributed by atoms with E-state index in [1.165, 1.54) is 11.3 Å². The summed E-state index contributed by atoms with van der Waals surface area (Å²) in [4.78, 5) is 0. The van der Waals surface area contributed by atoms with E-state index < -0.39 is 0 Å². The predicted octanol–water partition coefficient (Wildman–Crippen LogP) is -0.0360. The Balaban J connectivity index is 2.77. The van der Waals surface area contributed by atoms with Gasteiger partial charge in [-0.05, 0) is 0 Å². The fourth-order valence-electron chi connectivity index (χ4n) is 0.243. The van der Waals surface area contributed by atoms with E-state index in [2.05, 4.69) is 21.3 Å². The van der Waals surface area contributed by atoms with Crippen LogP contribution in [0.1, 0.15) is 0 Å². The quantitative estimate of drug-likeness (QED) is 0.417. The number of hydrogen-bond acceptors (Lipinski definition) is 4. The summed E-state index contributed by atoms with van der Waals surface area (Å²) >= 11 is 0. The maximum Gasteiger partial charge on any atom is 0.142 e. The maximum atomic E-state index is 3.60. The van der Waals surface area contributed by atoms with Gasteiger partial charge in [0.2, 0.25) is 0 Å². The number of hydrazone groups is 1. The van der Waals surface area contributed by atoms with E-state index in [0.29, 0.717) is 0 Å². The summed E-state index contributed by atoms with van der Waals surface area (Å²) in [5, 5.41) is 11.9. The highest BCUT2D eigenvalue weighted by atomic mass is 15.5. The van der Waals surface area contributed by atoms with E-state index >= 15 is 0 Å². The second kappa shape index (κ2) is 1.53. The Bertz CT molecular complexity index is 141. The van der Waals surface area contributed by atoms with E-state index in [1.54, 1.807) is 7.05 Å². The van der Waals surface area contributed by atoms with Crippen molar-refractivity contribution in [3.05, 3.63) is 0 Å². The second-order valence-electron chi connectivity index (χ2n) is 1.10. The van der Waals surface area contributed by atoms with Gasteiger partial charge < -0.3 is 0 Å². The first-order chi connectivity index (χ1) is 3.39. The van der Waals surface area contributed by atoms with Crippen LogP contribution in [-0.4, -0.2) is 24.4 Å². The molecule has 0 saturated carbocycles. The first kappa shape index (κ1) is 4.02. The molecular weight excluding hydrogens is 92.1 g/mol. The molecule has 1 heterocycles. The average Bonchev–Trinajstić information content (AvgIpc) is 1.69. The van der Waals surface area contributed by atoms with E-state index in [1.807, 2.05) is 0 Å². The van der Waals surface area contributed by atoms with Crippen molar-refractivity contribution >= 4 is 12.3 Å². The minimum absolute atomic E-state index is 1.50. The van der Waals surface area contributed by atoms with Crippen LogP contribution >= 0.6 is 0 Å². The summed E-state index contributed by atoms with van der Waals surface area (Å²) in [6.07, 6.45) is 1.50. The van der Waals surface area contributed by atoms with E-state index in [4.69, 9.17) is 0 Å². The monoisotopic (exact) mass is 96.0 g/mol. The summed E-state index contributed by atoms with van der Waals surface area (Å²) in [6, 6.07) is 2.31. The highest BCUT2D eigenvalue weighted by Crippen LogP contribution is 1.79. The molecule has 0 saturated heterocycles. The highest BCUT2D eigenvalue weighted by Gasteiger charge is 1.83. The Labute approximate surface area is 40.8 Å². The molecule has 0 bridgehead atoms. The normalized spacial score (nSPS) is 15.9. The van der Waals surface area contributed by atoms with Crippen LogP contribution in [0.3, 0.4) is 0 Å². The number of nitrogens with zero attached hydrogens (tertiary/aromatic N) is 4. The zero-order valence-corrected chi connectivity index (χ0v) is 3.87. The topological polar surface area (TPSA) is 40.3 Å². The van der Waals surface area contributed by atoms with Gasteiger partial charge in [0.15, 0.2) is 0 Å². The van der Waals surface area contributed by atoms with Crippen LogP contribution in [-0.2, 0) is 0 Å². The fraction of sp³-hybridized carbons (Fsp3) is 0.333. The smallest absolute Gasteiger partial charge is 0.142 e. The summed E-state index contributed by atoms with van der Waals surface area (Å²) in [6.45, 7) is 0. The Morgan fingerprint density at radius 2 is 2.57 bits per heavy atom. The van der Waals surface area contributed by atoms with Crippen molar-refractivity contribution in [2.75, 3.05) is 7.05 Å². The summed E-state index contributed by atoms with van der Waals surface area (Å²) < 4.78 is 0. The summed E-state index contributed by atoms with van der Waals surface area (Å²) in [5.74, 6) is 0. The molecule has 0 aromatic rings. The van der Waals surface area contributed by atoms with E-state index in [-0.39, 0.29) is 0 Å². The third-order valence-corrected chi connectivity index (χ3v) is 0.524. The molecule has 0 spiro atoms.